The topological polar surface area (TPSA) is 91.8 Å². The summed E-state index contributed by atoms with van der Waals surface area (Å²) in [6.45, 7) is 1.98. The Morgan fingerprint density at radius 2 is 2.04 bits per heavy atom. The summed E-state index contributed by atoms with van der Waals surface area (Å²) in [6, 6.07) is 17.7. The highest BCUT2D eigenvalue weighted by Gasteiger charge is 2.10. The molecule has 24 heavy (non-hydrogen) atoms. The van der Waals surface area contributed by atoms with Crippen molar-refractivity contribution in [3.63, 3.8) is 0 Å². The van der Waals surface area contributed by atoms with Gasteiger partial charge in [-0.1, -0.05) is 12.1 Å². The summed E-state index contributed by atoms with van der Waals surface area (Å²) in [6.07, 6.45) is 0. The minimum absolute atomic E-state index is 0.0266. The van der Waals surface area contributed by atoms with Crippen LogP contribution in [0.1, 0.15) is 24.1 Å². The Hall–Kier alpha value is -3.46. The van der Waals surface area contributed by atoms with E-state index in [0.717, 1.165) is 5.56 Å². The predicted molar refractivity (Wildman–Crippen MR) is 91.6 cm³/mol. The molecule has 0 aliphatic heterocycles. The molecule has 2 aromatic carbocycles. The van der Waals surface area contributed by atoms with Crippen LogP contribution in [0.15, 0.2) is 54.6 Å². The normalized spacial score (nSPS) is 11.7. The lowest BCUT2D eigenvalue weighted by Crippen LogP contribution is -2.08. The van der Waals surface area contributed by atoms with Gasteiger partial charge in [-0.05, 0) is 42.8 Å². The standard InChI is InChI=1S/C18H14N4O2/c1-12(14-4-2-3-13(9-14)11-19)20-18-8-5-15-10-16(22(23)24)6-7-17(15)21-18/h2-10,12H,1H3,(H,20,21). The van der Waals surface area contributed by atoms with E-state index in [1.165, 1.54) is 12.1 Å². The summed E-state index contributed by atoms with van der Waals surface area (Å²) in [4.78, 5) is 14.9. The maximum Gasteiger partial charge on any atom is 0.270 e. The van der Waals surface area contributed by atoms with Crippen LogP contribution in [0.2, 0.25) is 0 Å². The minimum Gasteiger partial charge on any atom is -0.364 e. The summed E-state index contributed by atoms with van der Waals surface area (Å²) in [7, 11) is 0. The first-order valence-corrected chi connectivity index (χ1v) is 7.38. The number of rotatable bonds is 4. The molecule has 0 aliphatic rings. The van der Waals surface area contributed by atoms with Gasteiger partial charge >= 0.3 is 0 Å². The second kappa shape index (κ2) is 6.34. The first-order chi connectivity index (χ1) is 11.6. The maximum atomic E-state index is 10.8. The molecule has 6 heteroatoms. The average Bonchev–Trinajstić information content (AvgIpc) is 2.61. The number of hydrogen-bond acceptors (Lipinski definition) is 5. The zero-order chi connectivity index (χ0) is 17.1. The SMILES string of the molecule is CC(Nc1ccc2cc([N+](=O)[O-])ccc2n1)c1cccc(C#N)c1. The molecule has 0 radical (unpaired) electrons. The quantitative estimate of drug-likeness (QED) is 0.575. The van der Waals surface area contributed by atoms with Gasteiger partial charge in [0.15, 0.2) is 0 Å². The molecule has 0 fully saturated rings. The second-order valence-corrected chi connectivity index (χ2v) is 5.43. The number of nitrogens with zero attached hydrogens (tertiary/aromatic N) is 3. The monoisotopic (exact) mass is 318 g/mol. The fourth-order valence-electron chi connectivity index (χ4n) is 2.49. The Kier molecular flexibility index (Phi) is 4.08. The lowest BCUT2D eigenvalue weighted by Gasteiger charge is -2.15. The van der Waals surface area contributed by atoms with Crippen LogP contribution >= 0.6 is 0 Å². The molecule has 1 atom stereocenters. The van der Waals surface area contributed by atoms with E-state index in [1.54, 1.807) is 24.3 Å². The molecule has 3 aromatic rings. The first kappa shape index (κ1) is 15.4. The van der Waals surface area contributed by atoms with Crippen LogP contribution in [0, 0.1) is 21.4 Å². The minimum atomic E-state index is -0.421. The third-order valence-corrected chi connectivity index (χ3v) is 3.76. The van der Waals surface area contributed by atoms with E-state index >= 15 is 0 Å². The molecule has 6 nitrogen and oxygen atoms in total. The molecule has 3 rings (SSSR count). The van der Waals surface area contributed by atoms with Gasteiger partial charge in [0.2, 0.25) is 0 Å². The van der Waals surface area contributed by atoms with Crippen molar-refractivity contribution in [1.29, 1.82) is 5.26 Å². The van der Waals surface area contributed by atoms with Crippen molar-refractivity contribution < 1.29 is 4.92 Å². The molecule has 0 saturated heterocycles. The number of pyridine rings is 1. The summed E-state index contributed by atoms with van der Waals surface area (Å²) in [5.74, 6) is 0.672. The largest absolute Gasteiger partial charge is 0.364 e. The van der Waals surface area contributed by atoms with Gasteiger partial charge < -0.3 is 5.32 Å². The van der Waals surface area contributed by atoms with Crippen molar-refractivity contribution in [3.05, 3.63) is 75.8 Å². The highest BCUT2D eigenvalue weighted by molar-refractivity contribution is 5.82. The van der Waals surface area contributed by atoms with E-state index < -0.39 is 4.92 Å². The molecule has 1 heterocycles. The maximum absolute atomic E-state index is 10.8. The summed E-state index contributed by atoms with van der Waals surface area (Å²) >= 11 is 0. The number of nitrogens with one attached hydrogen (secondary N) is 1. The highest BCUT2D eigenvalue weighted by atomic mass is 16.6. The number of fused-ring (bicyclic) bond motifs is 1. The third kappa shape index (κ3) is 3.15. The Balaban J connectivity index is 1.85. The molecule has 0 amide bonds. The van der Waals surface area contributed by atoms with Crippen LogP contribution in [0.4, 0.5) is 11.5 Å². The van der Waals surface area contributed by atoms with Gasteiger partial charge in [-0.15, -0.1) is 0 Å². The van der Waals surface area contributed by atoms with Crippen LogP contribution in [0.3, 0.4) is 0 Å². The second-order valence-electron chi connectivity index (χ2n) is 5.43. The molecule has 0 aliphatic carbocycles. The molecule has 0 bridgehead atoms. The van der Waals surface area contributed by atoms with Gasteiger partial charge in [0.25, 0.3) is 5.69 Å². The van der Waals surface area contributed by atoms with Gasteiger partial charge in [-0.25, -0.2) is 4.98 Å². The van der Waals surface area contributed by atoms with Gasteiger partial charge in [0.05, 0.1) is 22.1 Å². The number of non-ortho nitro benzene ring substituents is 1. The molecule has 0 spiro atoms. The number of benzene rings is 2. The van der Waals surface area contributed by atoms with Gasteiger partial charge in [-0.3, -0.25) is 10.1 Å². The third-order valence-electron chi connectivity index (χ3n) is 3.76. The lowest BCUT2D eigenvalue weighted by atomic mass is 10.1. The molecular weight excluding hydrogens is 304 g/mol. The van der Waals surface area contributed by atoms with E-state index in [-0.39, 0.29) is 11.7 Å². The van der Waals surface area contributed by atoms with Crippen LogP contribution in [0.25, 0.3) is 10.9 Å². The van der Waals surface area contributed by atoms with E-state index in [4.69, 9.17) is 5.26 Å². The average molecular weight is 318 g/mol. The van der Waals surface area contributed by atoms with Crippen molar-refractivity contribution in [1.82, 2.24) is 4.98 Å². The van der Waals surface area contributed by atoms with Crippen LogP contribution < -0.4 is 5.32 Å². The Bertz CT molecular complexity index is 963. The molecule has 118 valence electrons. The zero-order valence-electron chi connectivity index (χ0n) is 12.9. The van der Waals surface area contributed by atoms with E-state index in [1.807, 2.05) is 25.1 Å². The summed E-state index contributed by atoms with van der Waals surface area (Å²) in [5.41, 5.74) is 2.33. The molecule has 1 N–H and O–H groups in total. The van der Waals surface area contributed by atoms with Crippen molar-refractivity contribution in [2.24, 2.45) is 0 Å². The number of anilines is 1. The lowest BCUT2D eigenvalue weighted by molar-refractivity contribution is -0.384. The van der Waals surface area contributed by atoms with Gasteiger partial charge in [0, 0.05) is 23.6 Å². The Morgan fingerprint density at radius 3 is 2.79 bits per heavy atom. The Morgan fingerprint density at radius 1 is 1.21 bits per heavy atom. The fraction of sp³-hybridized carbons (Fsp3) is 0.111. The van der Waals surface area contributed by atoms with Crippen molar-refractivity contribution in [2.45, 2.75) is 13.0 Å². The summed E-state index contributed by atoms with van der Waals surface area (Å²) < 4.78 is 0. The van der Waals surface area contributed by atoms with Gasteiger partial charge in [-0.2, -0.15) is 5.26 Å². The van der Waals surface area contributed by atoms with Crippen LogP contribution in [0.5, 0.6) is 0 Å². The van der Waals surface area contributed by atoms with E-state index in [0.29, 0.717) is 22.3 Å². The number of nitro benzene ring substituents is 1. The number of aromatic nitrogens is 1. The predicted octanol–water partition coefficient (Wildman–Crippen LogP) is 4.19. The van der Waals surface area contributed by atoms with Gasteiger partial charge in [0.1, 0.15) is 5.82 Å². The van der Waals surface area contributed by atoms with E-state index in [9.17, 15) is 10.1 Å². The molecule has 0 saturated carbocycles. The molecular formula is C18H14N4O2. The van der Waals surface area contributed by atoms with Crippen LogP contribution in [-0.2, 0) is 0 Å². The summed E-state index contributed by atoms with van der Waals surface area (Å²) in [5, 5.41) is 23.8. The fourth-order valence-corrected chi connectivity index (χ4v) is 2.49. The highest BCUT2D eigenvalue weighted by Crippen LogP contribution is 2.23. The van der Waals surface area contributed by atoms with E-state index in [2.05, 4.69) is 16.4 Å². The van der Waals surface area contributed by atoms with Crippen molar-refractivity contribution >= 4 is 22.4 Å². The van der Waals surface area contributed by atoms with Crippen molar-refractivity contribution in [3.8, 4) is 6.07 Å². The van der Waals surface area contributed by atoms with Crippen molar-refractivity contribution in [2.75, 3.05) is 5.32 Å². The first-order valence-electron chi connectivity index (χ1n) is 7.38. The number of hydrogen-bond donors (Lipinski definition) is 1. The zero-order valence-corrected chi connectivity index (χ0v) is 12.9. The number of nitro groups is 1. The van der Waals surface area contributed by atoms with Crippen LogP contribution in [-0.4, -0.2) is 9.91 Å². The molecule has 1 unspecified atom stereocenters. The number of nitriles is 1. The smallest absolute Gasteiger partial charge is 0.270 e. The molecule has 1 aromatic heterocycles. The Labute approximate surface area is 138 Å².